The maximum atomic E-state index is 12.7. The summed E-state index contributed by atoms with van der Waals surface area (Å²) in [4.78, 5) is 14.9. The molecule has 0 aliphatic carbocycles. The molecule has 2 aromatic carbocycles. The molecule has 0 spiro atoms. The zero-order valence-corrected chi connectivity index (χ0v) is 16.2. The van der Waals surface area contributed by atoms with Crippen molar-refractivity contribution in [1.82, 2.24) is 4.90 Å². The normalized spacial score (nSPS) is 19.4. The lowest BCUT2D eigenvalue weighted by Gasteiger charge is -2.28. The van der Waals surface area contributed by atoms with Gasteiger partial charge in [0.2, 0.25) is 0 Å². The molecule has 0 aromatic heterocycles. The Labute approximate surface area is 161 Å². The second kappa shape index (κ2) is 8.65. The van der Waals surface area contributed by atoms with Gasteiger partial charge in [-0.3, -0.25) is 9.69 Å². The summed E-state index contributed by atoms with van der Waals surface area (Å²) in [5.41, 5.74) is 4.65. The molecule has 2 atom stereocenters. The van der Waals surface area contributed by atoms with E-state index in [2.05, 4.69) is 17.1 Å². The molecule has 1 aliphatic rings. The predicted octanol–water partition coefficient (Wildman–Crippen LogP) is 3.14. The highest BCUT2D eigenvalue weighted by atomic mass is 16.5. The van der Waals surface area contributed by atoms with Crippen molar-refractivity contribution in [3.63, 3.8) is 0 Å². The fraction of sp³-hybridized carbons (Fsp3) is 0.409. The molecular weight excluding hydrogens is 340 g/mol. The SMILES string of the molecule is CCN(Cc1cccc(C(=O)Nc2c(C)cccc2C)c1)[C@@H]1COC[C@H]1O. The number of hydrogen-bond acceptors (Lipinski definition) is 4. The number of ether oxygens (including phenoxy) is 1. The van der Waals surface area contributed by atoms with Gasteiger partial charge >= 0.3 is 0 Å². The van der Waals surface area contributed by atoms with Crippen LogP contribution in [0.1, 0.15) is 34.0 Å². The largest absolute Gasteiger partial charge is 0.389 e. The molecule has 1 saturated heterocycles. The fourth-order valence-electron chi connectivity index (χ4n) is 3.59. The van der Waals surface area contributed by atoms with Crippen LogP contribution in [0.4, 0.5) is 5.69 Å². The maximum absolute atomic E-state index is 12.7. The molecule has 0 bridgehead atoms. The number of para-hydroxylation sites is 1. The van der Waals surface area contributed by atoms with Crippen LogP contribution in [0.25, 0.3) is 0 Å². The molecule has 1 heterocycles. The Hall–Kier alpha value is -2.21. The van der Waals surface area contributed by atoms with E-state index in [-0.39, 0.29) is 11.9 Å². The van der Waals surface area contributed by atoms with Gasteiger partial charge in [0.25, 0.3) is 5.91 Å². The van der Waals surface area contributed by atoms with Crippen molar-refractivity contribution in [2.45, 2.75) is 39.5 Å². The lowest BCUT2D eigenvalue weighted by Crippen LogP contribution is -2.42. The standard InChI is InChI=1S/C22H28N2O3/c1-4-24(19-13-27-14-20(19)25)12-17-9-6-10-18(11-17)22(26)23-21-15(2)7-5-8-16(21)3/h5-11,19-20,25H,4,12-14H2,1-3H3,(H,23,26)/t19-,20-/m1/s1. The van der Waals surface area contributed by atoms with E-state index < -0.39 is 6.10 Å². The van der Waals surface area contributed by atoms with Crippen LogP contribution in [0.15, 0.2) is 42.5 Å². The van der Waals surface area contributed by atoms with E-state index in [9.17, 15) is 9.90 Å². The van der Waals surface area contributed by atoms with Crippen molar-refractivity contribution < 1.29 is 14.6 Å². The van der Waals surface area contributed by atoms with Crippen LogP contribution in [-0.4, -0.2) is 47.8 Å². The lowest BCUT2D eigenvalue weighted by atomic mass is 10.1. The topological polar surface area (TPSA) is 61.8 Å². The Bertz CT molecular complexity index is 786. The Kier molecular flexibility index (Phi) is 6.26. The van der Waals surface area contributed by atoms with Gasteiger partial charge in [-0.15, -0.1) is 0 Å². The molecule has 3 rings (SSSR count). The van der Waals surface area contributed by atoms with Gasteiger partial charge < -0.3 is 15.2 Å². The predicted molar refractivity (Wildman–Crippen MR) is 107 cm³/mol. The number of nitrogens with zero attached hydrogens (tertiary/aromatic N) is 1. The summed E-state index contributed by atoms with van der Waals surface area (Å²) in [7, 11) is 0. The number of aryl methyl sites for hydroxylation is 2. The van der Waals surface area contributed by atoms with Crippen LogP contribution in [0, 0.1) is 13.8 Å². The van der Waals surface area contributed by atoms with E-state index >= 15 is 0 Å². The third kappa shape index (κ3) is 4.56. The summed E-state index contributed by atoms with van der Waals surface area (Å²) < 4.78 is 5.38. The van der Waals surface area contributed by atoms with E-state index in [4.69, 9.17) is 4.74 Å². The van der Waals surface area contributed by atoms with E-state index in [1.165, 1.54) is 0 Å². The molecule has 1 fully saturated rings. The summed E-state index contributed by atoms with van der Waals surface area (Å²) >= 11 is 0. The van der Waals surface area contributed by atoms with Crippen LogP contribution in [0.2, 0.25) is 0 Å². The van der Waals surface area contributed by atoms with Crippen LogP contribution in [-0.2, 0) is 11.3 Å². The summed E-state index contributed by atoms with van der Waals surface area (Å²) in [6, 6.07) is 13.7. The number of carbonyl (C=O) groups is 1. The molecule has 2 aromatic rings. The number of nitrogens with one attached hydrogen (secondary N) is 1. The van der Waals surface area contributed by atoms with Crippen LogP contribution >= 0.6 is 0 Å². The number of rotatable bonds is 6. The summed E-state index contributed by atoms with van der Waals surface area (Å²) in [6.07, 6.45) is -0.458. The zero-order chi connectivity index (χ0) is 19.4. The van der Waals surface area contributed by atoms with E-state index in [0.717, 1.165) is 28.9 Å². The number of benzene rings is 2. The minimum Gasteiger partial charge on any atom is -0.389 e. The van der Waals surface area contributed by atoms with Gasteiger partial charge in [-0.05, 0) is 49.2 Å². The molecule has 27 heavy (non-hydrogen) atoms. The second-order valence-corrected chi connectivity index (χ2v) is 7.16. The first-order valence-corrected chi connectivity index (χ1v) is 9.46. The van der Waals surface area contributed by atoms with Gasteiger partial charge in [-0.25, -0.2) is 0 Å². The number of hydrogen-bond donors (Lipinski definition) is 2. The van der Waals surface area contributed by atoms with Crippen molar-refractivity contribution in [2.24, 2.45) is 0 Å². The average Bonchev–Trinajstić information content (AvgIpc) is 3.09. The van der Waals surface area contributed by atoms with E-state index in [0.29, 0.717) is 25.3 Å². The van der Waals surface area contributed by atoms with E-state index in [1.807, 2.05) is 56.3 Å². The minimum atomic E-state index is -0.458. The Morgan fingerprint density at radius 3 is 2.52 bits per heavy atom. The maximum Gasteiger partial charge on any atom is 0.255 e. The molecular formula is C22H28N2O3. The zero-order valence-electron chi connectivity index (χ0n) is 16.2. The van der Waals surface area contributed by atoms with Gasteiger partial charge in [0.05, 0.1) is 25.4 Å². The van der Waals surface area contributed by atoms with Crippen LogP contribution < -0.4 is 5.32 Å². The third-order valence-corrected chi connectivity index (χ3v) is 5.19. The lowest BCUT2D eigenvalue weighted by molar-refractivity contribution is 0.0807. The highest BCUT2D eigenvalue weighted by molar-refractivity contribution is 6.05. The van der Waals surface area contributed by atoms with E-state index in [1.54, 1.807) is 0 Å². The molecule has 2 N–H and O–H groups in total. The summed E-state index contributed by atoms with van der Waals surface area (Å²) in [6.45, 7) is 8.47. The third-order valence-electron chi connectivity index (χ3n) is 5.19. The molecule has 5 heteroatoms. The Morgan fingerprint density at radius 1 is 1.19 bits per heavy atom. The quantitative estimate of drug-likeness (QED) is 0.822. The number of anilines is 1. The molecule has 1 amide bonds. The van der Waals surface area contributed by atoms with Crippen molar-refractivity contribution in [3.8, 4) is 0 Å². The van der Waals surface area contributed by atoms with Crippen LogP contribution in [0.5, 0.6) is 0 Å². The van der Waals surface area contributed by atoms with Gasteiger partial charge in [0, 0.05) is 17.8 Å². The Morgan fingerprint density at radius 2 is 1.89 bits per heavy atom. The fourth-order valence-corrected chi connectivity index (χ4v) is 3.59. The summed E-state index contributed by atoms with van der Waals surface area (Å²) in [5.74, 6) is -0.110. The molecule has 0 saturated carbocycles. The van der Waals surface area contributed by atoms with Gasteiger partial charge in [-0.2, -0.15) is 0 Å². The molecule has 5 nitrogen and oxygen atoms in total. The van der Waals surface area contributed by atoms with Crippen molar-refractivity contribution >= 4 is 11.6 Å². The molecule has 0 radical (unpaired) electrons. The smallest absolute Gasteiger partial charge is 0.255 e. The molecule has 0 unspecified atom stereocenters. The van der Waals surface area contributed by atoms with Crippen molar-refractivity contribution in [2.75, 3.05) is 25.1 Å². The first-order chi connectivity index (χ1) is 13.0. The molecule has 144 valence electrons. The average molecular weight is 368 g/mol. The van der Waals surface area contributed by atoms with Crippen LogP contribution in [0.3, 0.4) is 0 Å². The Balaban J connectivity index is 1.74. The van der Waals surface area contributed by atoms with Crippen molar-refractivity contribution in [1.29, 1.82) is 0 Å². The number of aliphatic hydroxyl groups excluding tert-OH is 1. The first-order valence-electron chi connectivity index (χ1n) is 9.46. The first kappa shape index (κ1) is 19.5. The number of likely N-dealkylation sites (N-methyl/N-ethyl adjacent to an activating group) is 1. The summed E-state index contributed by atoms with van der Waals surface area (Å²) in [5, 5.41) is 13.1. The highest BCUT2D eigenvalue weighted by Crippen LogP contribution is 2.21. The minimum absolute atomic E-state index is 0.00194. The monoisotopic (exact) mass is 368 g/mol. The van der Waals surface area contributed by atoms with Gasteiger partial charge in [0.15, 0.2) is 0 Å². The second-order valence-electron chi connectivity index (χ2n) is 7.16. The number of carbonyl (C=O) groups excluding carboxylic acids is 1. The van der Waals surface area contributed by atoms with Crippen molar-refractivity contribution in [3.05, 3.63) is 64.7 Å². The highest BCUT2D eigenvalue weighted by Gasteiger charge is 2.30. The van der Waals surface area contributed by atoms with Gasteiger partial charge in [0.1, 0.15) is 0 Å². The number of amides is 1. The van der Waals surface area contributed by atoms with Gasteiger partial charge in [-0.1, -0.05) is 37.3 Å². The number of aliphatic hydroxyl groups is 1. The molecule has 1 aliphatic heterocycles.